The van der Waals surface area contributed by atoms with Crippen molar-refractivity contribution in [2.75, 3.05) is 0 Å². The number of carbonyl (C=O) groups excluding carboxylic acids is 2. The normalized spacial score (nSPS) is 22.8. The summed E-state index contributed by atoms with van der Waals surface area (Å²) in [6, 6.07) is 5.62. The van der Waals surface area contributed by atoms with Gasteiger partial charge in [-0.25, -0.2) is 0 Å². The third kappa shape index (κ3) is 3.63. The zero-order chi connectivity index (χ0) is 13.7. The third-order valence-corrected chi connectivity index (χ3v) is 3.79. The topological polar surface area (TPSA) is 59.1 Å². The van der Waals surface area contributed by atoms with Crippen LogP contribution >= 0.6 is 0 Å². The maximum absolute atomic E-state index is 12.2. The van der Waals surface area contributed by atoms with Crippen molar-refractivity contribution in [1.29, 1.82) is 0 Å². The lowest BCUT2D eigenvalue weighted by atomic mass is 9.77. The van der Waals surface area contributed by atoms with Crippen LogP contribution in [-0.4, -0.2) is 16.7 Å². The van der Waals surface area contributed by atoms with Crippen molar-refractivity contribution in [3.8, 4) is 0 Å². The number of aromatic nitrogens is 1. The van der Waals surface area contributed by atoms with E-state index in [0.717, 1.165) is 31.4 Å². The van der Waals surface area contributed by atoms with Crippen LogP contribution in [0.5, 0.6) is 0 Å². The van der Waals surface area contributed by atoms with Gasteiger partial charge in [0.1, 0.15) is 5.78 Å². The Bertz CT molecular complexity index is 445. The zero-order valence-corrected chi connectivity index (χ0v) is 11.3. The van der Waals surface area contributed by atoms with E-state index in [1.54, 1.807) is 13.1 Å². The van der Waals surface area contributed by atoms with Gasteiger partial charge in [-0.15, -0.1) is 0 Å². The van der Waals surface area contributed by atoms with Crippen LogP contribution in [0, 0.1) is 11.8 Å². The van der Waals surface area contributed by atoms with Gasteiger partial charge in [0.2, 0.25) is 5.91 Å². The van der Waals surface area contributed by atoms with Crippen LogP contribution < -0.4 is 5.32 Å². The summed E-state index contributed by atoms with van der Waals surface area (Å²) in [6.07, 6.45) is 5.45. The van der Waals surface area contributed by atoms with Crippen molar-refractivity contribution in [3.63, 3.8) is 0 Å². The second-order valence-electron chi connectivity index (χ2n) is 5.15. The number of ketones is 1. The summed E-state index contributed by atoms with van der Waals surface area (Å²) < 4.78 is 0. The maximum atomic E-state index is 12.2. The van der Waals surface area contributed by atoms with Gasteiger partial charge in [-0.2, -0.15) is 0 Å². The van der Waals surface area contributed by atoms with E-state index < -0.39 is 0 Å². The van der Waals surface area contributed by atoms with Crippen molar-refractivity contribution >= 4 is 11.7 Å². The summed E-state index contributed by atoms with van der Waals surface area (Å²) in [4.78, 5) is 28.0. The molecule has 1 aliphatic carbocycles. The average molecular weight is 260 g/mol. The van der Waals surface area contributed by atoms with E-state index >= 15 is 0 Å². The Kier molecular flexibility index (Phi) is 4.66. The molecule has 2 unspecified atom stereocenters. The molecule has 1 N–H and O–H groups in total. The molecule has 2 rings (SSSR count). The monoisotopic (exact) mass is 260 g/mol. The molecule has 1 saturated carbocycles. The highest BCUT2D eigenvalue weighted by molar-refractivity contribution is 5.87. The first-order valence-corrected chi connectivity index (χ1v) is 6.86. The van der Waals surface area contributed by atoms with Gasteiger partial charge in [-0.1, -0.05) is 18.9 Å². The molecule has 4 heteroatoms. The molecule has 2 atom stereocenters. The molecule has 1 fully saturated rings. The molecule has 0 radical (unpaired) electrons. The van der Waals surface area contributed by atoms with Gasteiger partial charge in [-0.05, 0) is 31.9 Å². The molecular formula is C15H20N2O2. The van der Waals surface area contributed by atoms with Gasteiger partial charge in [0.15, 0.2) is 0 Å². The lowest BCUT2D eigenvalue weighted by molar-refractivity contribution is -0.134. The van der Waals surface area contributed by atoms with Crippen molar-refractivity contribution in [2.24, 2.45) is 11.8 Å². The Labute approximate surface area is 113 Å². The van der Waals surface area contributed by atoms with Gasteiger partial charge in [0.25, 0.3) is 0 Å². The fourth-order valence-electron chi connectivity index (χ4n) is 2.74. The van der Waals surface area contributed by atoms with Crippen LogP contribution in [0.4, 0.5) is 0 Å². The van der Waals surface area contributed by atoms with E-state index in [0.29, 0.717) is 6.54 Å². The fraction of sp³-hybridized carbons (Fsp3) is 0.533. The fourth-order valence-corrected chi connectivity index (χ4v) is 2.74. The molecule has 4 nitrogen and oxygen atoms in total. The molecule has 19 heavy (non-hydrogen) atoms. The van der Waals surface area contributed by atoms with Crippen molar-refractivity contribution in [1.82, 2.24) is 10.3 Å². The standard InChI is InChI=1S/C15H20N2O2/c1-11(18)13-7-2-3-8-14(13)15(19)17-10-12-6-4-5-9-16-12/h4-6,9,13-14H,2-3,7-8,10H2,1H3,(H,17,19). The quantitative estimate of drug-likeness (QED) is 0.901. The SMILES string of the molecule is CC(=O)C1CCCCC1C(=O)NCc1ccccn1. The van der Waals surface area contributed by atoms with Gasteiger partial charge in [0.05, 0.1) is 12.2 Å². The second kappa shape index (κ2) is 6.45. The van der Waals surface area contributed by atoms with Crippen LogP contribution in [0.1, 0.15) is 38.3 Å². The predicted molar refractivity (Wildman–Crippen MR) is 72.2 cm³/mol. The Morgan fingerprint density at radius 2 is 2.00 bits per heavy atom. The molecule has 0 spiro atoms. The van der Waals surface area contributed by atoms with Crippen LogP contribution in [0.15, 0.2) is 24.4 Å². The van der Waals surface area contributed by atoms with Gasteiger partial charge < -0.3 is 5.32 Å². The van der Waals surface area contributed by atoms with Crippen molar-refractivity contribution in [2.45, 2.75) is 39.2 Å². The Morgan fingerprint density at radius 1 is 1.26 bits per heavy atom. The predicted octanol–water partition coefficient (Wildman–Crippen LogP) is 2.09. The summed E-state index contributed by atoms with van der Waals surface area (Å²) in [5.74, 6) is -0.129. The molecule has 0 saturated heterocycles. The van der Waals surface area contributed by atoms with E-state index in [1.165, 1.54) is 0 Å². The first-order chi connectivity index (χ1) is 9.18. The summed E-state index contributed by atoms with van der Waals surface area (Å²) in [5, 5.41) is 2.90. The summed E-state index contributed by atoms with van der Waals surface area (Å²) in [6.45, 7) is 2.02. The number of hydrogen-bond acceptors (Lipinski definition) is 3. The average Bonchev–Trinajstić information content (AvgIpc) is 2.46. The number of amides is 1. The van der Waals surface area contributed by atoms with Crippen LogP contribution in [0.2, 0.25) is 0 Å². The molecule has 1 aromatic heterocycles. The van der Waals surface area contributed by atoms with E-state index in [1.807, 2.05) is 18.2 Å². The largest absolute Gasteiger partial charge is 0.350 e. The van der Waals surface area contributed by atoms with Crippen LogP contribution in [0.3, 0.4) is 0 Å². The summed E-state index contributed by atoms with van der Waals surface area (Å²) in [7, 11) is 0. The van der Waals surface area contributed by atoms with Gasteiger partial charge >= 0.3 is 0 Å². The smallest absolute Gasteiger partial charge is 0.224 e. The van der Waals surface area contributed by atoms with E-state index in [2.05, 4.69) is 10.3 Å². The zero-order valence-electron chi connectivity index (χ0n) is 11.3. The van der Waals surface area contributed by atoms with Gasteiger partial charge in [-0.3, -0.25) is 14.6 Å². The lowest BCUT2D eigenvalue weighted by Crippen LogP contribution is -2.39. The molecule has 1 heterocycles. The number of nitrogens with one attached hydrogen (secondary N) is 1. The minimum absolute atomic E-state index is 0.00875. The van der Waals surface area contributed by atoms with Crippen molar-refractivity contribution in [3.05, 3.63) is 30.1 Å². The Balaban J connectivity index is 1.93. The first-order valence-electron chi connectivity index (χ1n) is 6.86. The van der Waals surface area contributed by atoms with Crippen molar-refractivity contribution < 1.29 is 9.59 Å². The summed E-state index contributed by atoms with van der Waals surface area (Å²) in [5.41, 5.74) is 0.839. The van der Waals surface area contributed by atoms with Crippen LogP contribution in [-0.2, 0) is 16.1 Å². The number of pyridine rings is 1. The summed E-state index contributed by atoms with van der Waals surface area (Å²) >= 11 is 0. The highest BCUT2D eigenvalue weighted by Crippen LogP contribution is 2.30. The first kappa shape index (κ1) is 13.7. The number of Topliss-reactive ketones (excluding diaryl/α,β-unsaturated/α-hetero) is 1. The number of carbonyl (C=O) groups is 2. The highest BCUT2D eigenvalue weighted by atomic mass is 16.2. The van der Waals surface area contributed by atoms with E-state index in [9.17, 15) is 9.59 Å². The molecule has 0 aliphatic heterocycles. The molecular weight excluding hydrogens is 240 g/mol. The lowest BCUT2D eigenvalue weighted by Gasteiger charge is -2.28. The number of nitrogens with zero attached hydrogens (tertiary/aromatic N) is 1. The number of rotatable bonds is 4. The Hall–Kier alpha value is -1.71. The van der Waals surface area contributed by atoms with E-state index in [4.69, 9.17) is 0 Å². The van der Waals surface area contributed by atoms with E-state index in [-0.39, 0.29) is 23.5 Å². The molecule has 1 aromatic rings. The third-order valence-electron chi connectivity index (χ3n) is 3.79. The van der Waals surface area contributed by atoms with Crippen LogP contribution in [0.25, 0.3) is 0 Å². The highest BCUT2D eigenvalue weighted by Gasteiger charge is 2.33. The molecule has 0 bridgehead atoms. The Morgan fingerprint density at radius 3 is 2.63 bits per heavy atom. The number of hydrogen-bond donors (Lipinski definition) is 1. The van der Waals surface area contributed by atoms with Gasteiger partial charge in [0, 0.05) is 18.0 Å². The molecule has 1 aliphatic rings. The molecule has 1 amide bonds. The minimum atomic E-state index is -0.157. The molecule has 102 valence electrons. The maximum Gasteiger partial charge on any atom is 0.224 e. The molecule has 0 aromatic carbocycles. The second-order valence-corrected chi connectivity index (χ2v) is 5.15. The minimum Gasteiger partial charge on any atom is -0.350 e.